The Morgan fingerprint density at radius 2 is 1.97 bits per heavy atom. The van der Waals surface area contributed by atoms with Gasteiger partial charge in [0.05, 0.1) is 17.2 Å². The summed E-state index contributed by atoms with van der Waals surface area (Å²) in [5.74, 6) is -2.70. The first-order chi connectivity index (χ1) is 15.7. The molecule has 1 aliphatic rings. The number of thiazole rings is 1. The number of thiocarbonyl (C=S) groups is 2. The lowest BCUT2D eigenvalue weighted by atomic mass is 10.2. The van der Waals surface area contributed by atoms with Crippen LogP contribution in [0, 0.1) is 0 Å². The molecular formula is C19H15ClN4O5S4. The molecule has 14 heteroatoms. The minimum absolute atomic E-state index is 0.0288. The van der Waals surface area contributed by atoms with Gasteiger partial charge in [-0.2, -0.15) is 0 Å². The molecule has 3 rings (SSSR count). The maximum atomic E-state index is 12.8. The summed E-state index contributed by atoms with van der Waals surface area (Å²) in [5, 5.41) is 17.7. The number of aliphatic carboxylic acids is 1. The topological polar surface area (TPSA) is 121 Å². The number of hydrogen-bond donors (Lipinski definition) is 3. The van der Waals surface area contributed by atoms with Crippen LogP contribution in [-0.2, 0) is 19.1 Å². The van der Waals surface area contributed by atoms with Crippen molar-refractivity contribution in [2.24, 2.45) is 0 Å². The summed E-state index contributed by atoms with van der Waals surface area (Å²) in [5.41, 5.74) is 0.789. The second-order valence-electron chi connectivity index (χ2n) is 6.20. The van der Waals surface area contributed by atoms with Crippen LogP contribution < -0.4 is 10.6 Å². The Hall–Kier alpha value is -2.58. The molecule has 2 heterocycles. The molecule has 1 fully saturated rings. The third kappa shape index (κ3) is 6.26. The molecule has 9 nitrogen and oxygen atoms in total. The van der Waals surface area contributed by atoms with Gasteiger partial charge < -0.3 is 20.5 Å². The molecule has 1 aromatic carbocycles. The number of carbonyl (C=O) groups excluding carboxylic acids is 2. The number of rotatable bonds is 7. The Bertz CT molecular complexity index is 1170. The number of amides is 1. The summed E-state index contributed by atoms with van der Waals surface area (Å²) < 4.78 is 5.13. The number of ether oxygens (including phenoxy) is 1. The Labute approximate surface area is 212 Å². The smallest absolute Gasteiger partial charge is 0.341 e. The number of carbonyl (C=O) groups is 3. The second-order valence-corrected chi connectivity index (χ2v) is 9.55. The second kappa shape index (κ2) is 11.0. The van der Waals surface area contributed by atoms with Crippen molar-refractivity contribution >= 4 is 103 Å². The lowest BCUT2D eigenvalue weighted by Gasteiger charge is -2.11. The summed E-state index contributed by atoms with van der Waals surface area (Å²) in [6.45, 7) is 1.08. The fraction of sp³-hybridized carbons (Fsp3) is 0.158. The molecule has 2 aromatic rings. The van der Waals surface area contributed by atoms with E-state index in [2.05, 4.69) is 15.6 Å². The van der Waals surface area contributed by atoms with E-state index < -0.39 is 24.4 Å². The first kappa shape index (κ1) is 25.1. The lowest BCUT2D eigenvalue weighted by molar-refractivity contribution is -0.140. The monoisotopic (exact) mass is 542 g/mol. The SMILES string of the molecule is CCOC(=O)C(=C1SC(=S)N(CC(=O)O)C1=O)c1csc(NC(=S)Nc2ccc(Cl)cc2)n1. The van der Waals surface area contributed by atoms with Crippen LogP contribution in [-0.4, -0.2) is 55.4 Å². The number of nitrogens with one attached hydrogen (secondary N) is 2. The van der Waals surface area contributed by atoms with Gasteiger partial charge in [0.1, 0.15) is 16.4 Å². The normalized spacial score (nSPS) is 14.8. The summed E-state index contributed by atoms with van der Waals surface area (Å²) in [7, 11) is 0. The molecule has 1 aromatic heterocycles. The molecule has 0 unspecified atom stereocenters. The highest BCUT2D eigenvalue weighted by Crippen LogP contribution is 2.38. The van der Waals surface area contributed by atoms with E-state index in [4.69, 9.17) is 45.9 Å². The van der Waals surface area contributed by atoms with Crippen molar-refractivity contribution in [3.8, 4) is 0 Å². The number of anilines is 2. The Morgan fingerprint density at radius 3 is 2.61 bits per heavy atom. The number of esters is 1. The molecule has 0 bridgehead atoms. The molecule has 3 N–H and O–H groups in total. The largest absolute Gasteiger partial charge is 0.480 e. The number of carboxylic acid groups (broad SMARTS) is 1. The minimum Gasteiger partial charge on any atom is -0.480 e. The zero-order valence-corrected chi connectivity index (χ0v) is 20.8. The Kier molecular flexibility index (Phi) is 8.37. The van der Waals surface area contributed by atoms with Crippen LogP contribution in [0.2, 0.25) is 5.02 Å². The highest BCUT2D eigenvalue weighted by atomic mass is 35.5. The van der Waals surface area contributed by atoms with Crippen LogP contribution in [0.15, 0.2) is 34.6 Å². The van der Waals surface area contributed by atoms with Crippen LogP contribution in [0.1, 0.15) is 12.6 Å². The van der Waals surface area contributed by atoms with Crippen LogP contribution in [0.5, 0.6) is 0 Å². The first-order valence-electron chi connectivity index (χ1n) is 9.16. The van der Waals surface area contributed by atoms with E-state index in [1.807, 2.05) is 0 Å². The van der Waals surface area contributed by atoms with E-state index in [1.54, 1.807) is 36.6 Å². The van der Waals surface area contributed by atoms with Gasteiger partial charge in [0.2, 0.25) is 0 Å². The summed E-state index contributed by atoms with van der Waals surface area (Å²) in [4.78, 5) is 41.8. The average molecular weight is 543 g/mol. The molecule has 1 aliphatic heterocycles. The predicted molar refractivity (Wildman–Crippen MR) is 137 cm³/mol. The van der Waals surface area contributed by atoms with Crippen LogP contribution in [0.3, 0.4) is 0 Å². The molecule has 1 amide bonds. The van der Waals surface area contributed by atoms with Crippen molar-refractivity contribution < 1.29 is 24.2 Å². The highest BCUT2D eigenvalue weighted by Gasteiger charge is 2.38. The van der Waals surface area contributed by atoms with Crippen LogP contribution in [0.25, 0.3) is 5.57 Å². The van der Waals surface area contributed by atoms with Crippen molar-refractivity contribution in [2.45, 2.75) is 6.92 Å². The van der Waals surface area contributed by atoms with E-state index in [1.165, 1.54) is 0 Å². The average Bonchev–Trinajstić information content (AvgIpc) is 3.30. The zero-order chi connectivity index (χ0) is 24.1. The van der Waals surface area contributed by atoms with Crippen LogP contribution >= 0.6 is 59.1 Å². The minimum atomic E-state index is -1.23. The maximum absolute atomic E-state index is 12.8. The van der Waals surface area contributed by atoms with Gasteiger partial charge in [-0.3, -0.25) is 14.5 Å². The van der Waals surface area contributed by atoms with Gasteiger partial charge in [0.25, 0.3) is 5.91 Å². The molecular weight excluding hydrogens is 528 g/mol. The number of halogens is 1. The quantitative estimate of drug-likeness (QED) is 0.269. The van der Waals surface area contributed by atoms with Gasteiger partial charge in [-0.25, -0.2) is 9.78 Å². The molecule has 33 heavy (non-hydrogen) atoms. The molecule has 0 atom stereocenters. The predicted octanol–water partition coefficient (Wildman–Crippen LogP) is 3.82. The maximum Gasteiger partial charge on any atom is 0.341 e. The van der Waals surface area contributed by atoms with E-state index in [-0.39, 0.29) is 32.2 Å². The fourth-order valence-electron chi connectivity index (χ4n) is 2.58. The van der Waals surface area contributed by atoms with E-state index in [9.17, 15) is 14.4 Å². The van der Waals surface area contributed by atoms with Gasteiger partial charge >= 0.3 is 11.9 Å². The van der Waals surface area contributed by atoms with Crippen molar-refractivity contribution in [2.75, 3.05) is 23.8 Å². The number of hydrogen-bond acceptors (Lipinski definition) is 9. The molecule has 0 spiro atoms. The van der Waals surface area contributed by atoms with Crippen LogP contribution in [0.4, 0.5) is 10.8 Å². The van der Waals surface area contributed by atoms with Gasteiger partial charge in [0, 0.05) is 16.1 Å². The number of nitrogens with zero attached hydrogens (tertiary/aromatic N) is 2. The van der Waals surface area contributed by atoms with Crippen molar-refractivity contribution in [1.82, 2.24) is 9.88 Å². The molecule has 0 aliphatic carbocycles. The number of benzene rings is 1. The van der Waals surface area contributed by atoms with Gasteiger partial charge in [-0.05, 0) is 43.4 Å². The van der Waals surface area contributed by atoms with Gasteiger partial charge in [-0.15, -0.1) is 11.3 Å². The molecule has 172 valence electrons. The number of thioether (sulfide) groups is 1. The molecule has 0 saturated carbocycles. The van der Waals surface area contributed by atoms with E-state index in [0.29, 0.717) is 15.8 Å². The van der Waals surface area contributed by atoms with Crippen molar-refractivity contribution in [1.29, 1.82) is 0 Å². The van der Waals surface area contributed by atoms with Gasteiger partial charge in [0.15, 0.2) is 10.2 Å². The first-order valence-corrected chi connectivity index (χ1v) is 12.0. The summed E-state index contributed by atoms with van der Waals surface area (Å²) >= 11 is 18.3. The zero-order valence-electron chi connectivity index (χ0n) is 16.8. The third-order valence-corrected chi connectivity index (χ3v) is 6.59. The Morgan fingerprint density at radius 1 is 1.27 bits per heavy atom. The van der Waals surface area contributed by atoms with E-state index >= 15 is 0 Å². The third-order valence-electron chi connectivity index (χ3n) is 3.93. The van der Waals surface area contributed by atoms with Gasteiger partial charge in [-0.1, -0.05) is 35.6 Å². The van der Waals surface area contributed by atoms with E-state index in [0.717, 1.165) is 28.0 Å². The fourth-order valence-corrected chi connectivity index (χ4v) is 5.00. The molecule has 0 radical (unpaired) electrons. The summed E-state index contributed by atoms with van der Waals surface area (Å²) in [6.07, 6.45) is 0. The lowest BCUT2D eigenvalue weighted by Crippen LogP contribution is -2.33. The Balaban J connectivity index is 1.85. The van der Waals surface area contributed by atoms with Crippen molar-refractivity contribution in [3.05, 3.63) is 45.3 Å². The number of carboxylic acids is 1. The number of aromatic nitrogens is 1. The molecule has 1 saturated heterocycles. The highest BCUT2D eigenvalue weighted by molar-refractivity contribution is 8.26. The van der Waals surface area contributed by atoms with Crippen molar-refractivity contribution in [3.63, 3.8) is 0 Å². The summed E-state index contributed by atoms with van der Waals surface area (Å²) in [6, 6.07) is 6.92. The standard InChI is InChI=1S/C19H15ClN4O5S4/c1-2-29-16(28)13(14-15(27)24(7-12(25)26)19(31)33-14)11-8-32-18(22-11)23-17(30)21-10-5-3-9(20)4-6-10/h3-6,8H,2,7H2,1H3,(H,25,26)(H2,21,22,23,30).